The van der Waals surface area contributed by atoms with E-state index in [0.717, 1.165) is 24.0 Å². The molecule has 31 heavy (non-hydrogen) atoms. The molecule has 1 N–H and O–H groups in total. The molecule has 2 aromatic carbocycles. The molecule has 2 heterocycles. The minimum atomic E-state index is 0.348. The van der Waals surface area contributed by atoms with Crippen LogP contribution < -0.4 is 14.8 Å². The van der Waals surface area contributed by atoms with E-state index in [1.165, 1.54) is 60.9 Å². The molecule has 3 aliphatic rings. The summed E-state index contributed by atoms with van der Waals surface area (Å²) < 4.78 is 13.1. The molecule has 2 fully saturated rings. The number of hydrogen-bond donors (Lipinski definition) is 1. The van der Waals surface area contributed by atoms with Crippen LogP contribution in [0.2, 0.25) is 0 Å². The molecule has 0 bridgehead atoms. The van der Waals surface area contributed by atoms with Crippen LogP contribution in [0.5, 0.6) is 11.5 Å². The van der Waals surface area contributed by atoms with Crippen molar-refractivity contribution in [2.24, 2.45) is 5.92 Å². The van der Waals surface area contributed by atoms with Crippen molar-refractivity contribution in [3.8, 4) is 22.6 Å². The molecule has 3 aromatic rings. The second-order valence-electron chi connectivity index (χ2n) is 9.23. The number of rotatable bonds is 6. The molecule has 0 amide bonds. The van der Waals surface area contributed by atoms with E-state index >= 15 is 0 Å². The van der Waals surface area contributed by atoms with Crippen molar-refractivity contribution in [1.29, 1.82) is 0 Å². The number of nitrogens with zero attached hydrogens (tertiary/aromatic N) is 2. The third-order valence-corrected chi connectivity index (χ3v) is 7.03. The molecular weight excluding hydrogens is 386 g/mol. The maximum absolute atomic E-state index is 5.56. The Hall–Kier alpha value is -2.95. The van der Waals surface area contributed by atoms with Gasteiger partial charge in [0.15, 0.2) is 11.5 Å². The maximum Gasteiger partial charge on any atom is 0.231 e. The number of hydrogen-bond acceptors (Lipinski definition) is 4. The van der Waals surface area contributed by atoms with E-state index in [-0.39, 0.29) is 0 Å². The highest BCUT2D eigenvalue weighted by Gasteiger charge is 2.25. The summed E-state index contributed by atoms with van der Waals surface area (Å²) in [7, 11) is 0. The van der Waals surface area contributed by atoms with Crippen molar-refractivity contribution in [3.05, 3.63) is 60.4 Å². The SMILES string of the molecule is c1cc(NC[C@H]2CC[C@H](c3ccc4c(c3)OCO4)CC2)cc(-c2cnn(C3CC3)c2)c1. The quantitative estimate of drug-likeness (QED) is 0.536. The first-order chi connectivity index (χ1) is 15.3. The van der Waals surface area contributed by atoms with Crippen molar-refractivity contribution in [1.82, 2.24) is 9.78 Å². The summed E-state index contributed by atoms with van der Waals surface area (Å²) in [6, 6.07) is 15.8. The summed E-state index contributed by atoms with van der Waals surface area (Å²) in [4.78, 5) is 0. The fourth-order valence-electron chi connectivity index (χ4n) is 4.96. The molecule has 1 aliphatic heterocycles. The Balaban J connectivity index is 1.04. The second-order valence-corrected chi connectivity index (χ2v) is 9.23. The predicted molar refractivity (Wildman–Crippen MR) is 122 cm³/mol. The van der Waals surface area contributed by atoms with Gasteiger partial charge in [0.05, 0.1) is 12.2 Å². The van der Waals surface area contributed by atoms with E-state index in [0.29, 0.717) is 18.8 Å². The van der Waals surface area contributed by atoms with Crippen LogP contribution in [0, 0.1) is 5.92 Å². The molecule has 5 heteroatoms. The van der Waals surface area contributed by atoms with Gasteiger partial charge in [-0.05, 0) is 85.8 Å². The summed E-state index contributed by atoms with van der Waals surface area (Å²) in [5.41, 5.74) is 5.05. The van der Waals surface area contributed by atoms with Gasteiger partial charge in [0.1, 0.15) is 0 Å². The van der Waals surface area contributed by atoms with Crippen molar-refractivity contribution in [2.45, 2.75) is 50.5 Å². The molecule has 0 unspecified atom stereocenters. The molecule has 0 radical (unpaired) electrons. The molecule has 2 aliphatic carbocycles. The van der Waals surface area contributed by atoms with E-state index < -0.39 is 0 Å². The highest BCUT2D eigenvalue weighted by Crippen LogP contribution is 2.40. The lowest BCUT2D eigenvalue weighted by Gasteiger charge is -2.29. The average molecular weight is 416 g/mol. The molecule has 0 spiro atoms. The lowest BCUT2D eigenvalue weighted by atomic mass is 9.78. The lowest BCUT2D eigenvalue weighted by molar-refractivity contribution is 0.174. The zero-order valence-electron chi connectivity index (χ0n) is 17.8. The van der Waals surface area contributed by atoms with Crippen LogP contribution in [0.1, 0.15) is 56.0 Å². The molecular formula is C26H29N3O2. The minimum Gasteiger partial charge on any atom is -0.454 e. The maximum atomic E-state index is 5.56. The van der Waals surface area contributed by atoms with Gasteiger partial charge >= 0.3 is 0 Å². The minimum absolute atomic E-state index is 0.348. The largest absolute Gasteiger partial charge is 0.454 e. The van der Waals surface area contributed by atoms with E-state index in [1.54, 1.807) is 0 Å². The van der Waals surface area contributed by atoms with Crippen molar-refractivity contribution in [2.75, 3.05) is 18.7 Å². The van der Waals surface area contributed by atoms with Gasteiger partial charge in [0, 0.05) is 24.0 Å². The van der Waals surface area contributed by atoms with E-state index in [2.05, 4.69) is 63.8 Å². The van der Waals surface area contributed by atoms with Crippen LogP contribution in [0.15, 0.2) is 54.9 Å². The van der Waals surface area contributed by atoms with Crippen molar-refractivity contribution >= 4 is 5.69 Å². The van der Waals surface area contributed by atoms with E-state index in [1.807, 2.05) is 6.20 Å². The molecule has 5 nitrogen and oxygen atoms in total. The first-order valence-electron chi connectivity index (χ1n) is 11.6. The summed E-state index contributed by atoms with van der Waals surface area (Å²) >= 11 is 0. The fourth-order valence-corrected chi connectivity index (χ4v) is 4.96. The van der Waals surface area contributed by atoms with Gasteiger partial charge in [-0.15, -0.1) is 0 Å². The Labute approximate surface area is 183 Å². The number of benzene rings is 2. The summed E-state index contributed by atoms with van der Waals surface area (Å²) in [5.74, 6) is 3.15. The second kappa shape index (κ2) is 7.95. The van der Waals surface area contributed by atoms with E-state index in [9.17, 15) is 0 Å². The number of fused-ring (bicyclic) bond motifs is 1. The topological polar surface area (TPSA) is 48.3 Å². The van der Waals surface area contributed by atoms with Crippen LogP contribution in [0.4, 0.5) is 5.69 Å². The van der Waals surface area contributed by atoms with Crippen LogP contribution in [-0.4, -0.2) is 23.1 Å². The van der Waals surface area contributed by atoms with Crippen LogP contribution >= 0.6 is 0 Å². The third-order valence-electron chi connectivity index (χ3n) is 7.03. The third kappa shape index (κ3) is 4.01. The monoisotopic (exact) mass is 415 g/mol. The van der Waals surface area contributed by atoms with Crippen LogP contribution in [0.3, 0.4) is 0 Å². The molecule has 6 rings (SSSR count). The molecule has 0 atom stereocenters. The molecule has 2 saturated carbocycles. The van der Waals surface area contributed by atoms with Gasteiger partial charge in [-0.1, -0.05) is 18.2 Å². The van der Waals surface area contributed by atoms with Gasteiger partial charge < -0.3 is 14.8 Å². The number of nitrogens with one attached hydrogen (secondary N) is 1. The van der Waals surface area contributed by atoms with Gasteiger partial charge in [-0.25, -0.2) is 0 Å². The fraction of sp³-hybridized carbons (Fsp3) is 0.423. The van der Waals surface area contributed by atoms with Gasteiger partial charge in [-0.2, -0.15) is 5.10 Å². The van der Waals surface area contributed by atoms with Crippen LogP contribution in [0.25, 0.3) is 11.1 Å². The Kier molecular flexibility index (Phi) is 4.82. The zero-order chi connectivity index (χ0) is 20.6. The molecule has 160 valence electrons. The van der Waals surface area contributed by atoms with Gasteiger partial charge in [0.2, 0.25) is 6.79 Å². The zero-order valence-corrected chi connectivity index (χ0v) is 17.8. The summed E-state index contributed by atoms with van der Waals surface area (Å²) in [6.45, 7) is 1.39. The lowest BCUT2D eigenvalue weighted by Crippen LogP contribution is -2.20. The Morgan fingerprint density at radius 1 is 0.903 bits per heavy atom. The molecule has 1 aromatic heterocycles. The van der Waals surface area contributed by atoms with Crippen molar-refractivity contribution in [3.63, 3.8) is 0 Å². The number of anilines is 1. The predicted octanol–water partition coefficient (Wildman–Crippen LogP) is 6.00. The Morgan fingerprint density at radius 3 is 2.65 bits per heavy atom. The standard InChI is InChI=1S/C26H29N3O2/c1-2-20(22-15-28-29(16-22)24-9-10-24)12-23(3-1)27-14-18-4-6-19(7-5-18)21-8-11-25-26(13-21)31-17-30-25/h1-3,8,11-13,15-16,18-19,24,27H,4-7,9-10,14,17H2/t18-,19-. The highest BCUT2D eigenvalue weighted by atomic mass is 16.7. The van der Waals surface area contributed by atoms with Crippen LogP contribution in [-0.2, 0) is 0 Å². The molecule has 0 saturated heterocycles. The van der Waals surface area contributed by atoms with Gasteiger partial charge in [0.25, 0.3) is 0 Å². The van der Waals surface area contributed by atoms with Gasteiger partial charge in [-0.3, -0.25) is 4.68 Å². The first-order valence-corrected chi connectivity index (χ1v) is 11.6. The Bertz CT molecular complexity index is 1060. The number of aromatic nitrogens is 2. The average Bonchev–Trinajstić information content (AvgIpc) is 3.35. The Morgan fingerprint density at radius 2 is 1.77 bits per heavy atom. The normalized spacial score (nSPS) is 22.5. The first kappa shape index (κ1) is 18.8. The highest BCUT2D eigenvalue weighted by molar-refractivity contribution is 5.67. The van der Waals surface area contributed by atoms with E-state index in [4.69, 9.17) is 9.47 Å². The summed E-state index contributed by atoms with van der Waals surface area (Å²) in [5, 5.41) is 8.23. The van der Waals surface area contributed by atoms with Crippen molar-refractivity contribution < 1.29 is 9.47 Å². The smallest absolute Gasteiger partial charge is 0.231 e. The number of ether oxygens (including phenoxy) is 2. The summed E-state index contributed by atoms with van der Waals surface area (Å²) in [6.07, 6.45) is 11.7.